The molecule has 4 N–H and O–H groups in total. The van der Waals surface area contributed by atoms with Crippen molar-refractivity contribution in [3.05, 3.63) is 65.2 Å². The number of nitrogens with one attached hydrogen (secondary N) is 1. The van der Waals surface area contributed by atoms with Gasteiger partial charge in [0.2, 0.25) is 0 Å². The second kappa shape index (κ2) is 15.0. The smallest absolute Gasteiger partial charge is 0.121 e. The zero-order valence-corrected chi connectivity index (χ0v) is 17.4. The van der Waals surface area contributed by atoms with E-state index in [0.717, 1.165) is 6.42 Å². The van der Waals surface area contributed by atoms with E-state index in [0.29, 0.717) is 32.1 Å². The first kappa shape index (κ1) is 17.7. The Kier molecular flexibility index (Phi) is 8.85. The van der Waals surface area contributed by atoms with E-state index in [1.807, 2.05) is 30.3 Å². The molecule has 0 amide bonds. The van der Waals surface area contributed by atoms with Crippen LogP contribution in [0.4, 0.5) is 0 Å². The number of benzene rings is 2. The molecule has 0 aliphatic rings. The molecule has 0 radical (unpaired) electrons. The Morgan fingerprint density at radius 1 is 1.00 bits per heavy atom. The number of unbranched alkanes of at least 4 members (excludes halogenated alkanes) is 2. The summed E-state index contributed by atoms with van der Waals surface area (Å²) in [6, 6.07) is 13.9. The highest BCUT2D eigenvalue weighted by atomic mass is 16.5. The van der Waals surface area contributed by atoms with Crippen LogP contribution in [0.15, 0.2) is 48.5 Å². The van der Waals surface area contributed by atoms with Gasteiger partial charge in [-0.2, -0.15) is 0 Å². The second-order valence-corrected chi connectivity index (χ2v) is 7.12. The molecule has 166 valence electrons. The number of aliphatic hydroxyl groups is 2. The lowest BCUT2D eigenvalue weighted by Gasteiger charge is -2.14. The zero-order chi connectivity index (χ0) is 26.0. The van der Waals surface area contributed by atoms with Crippen LogP contribution in [0.3, 0.4) is 0 Å². The number of aliphatic hydroxyl groups excluding tert-OH is 1. The lowest BCUT2D eigenvalue weighted by Crippen LogP contribution is -2.22. The number of hydrogen-bond donors (Lipinski definition) is 4. The highest BCUT2D eigenvalue weighted by Gasteiger charge is 2.09. The summed E-state index contributed by atoms with van der Waals surface area (Å²) in [6.07, 6.45) is 1.62. The first-order valence-corrected chi connectivity index (χ1v) is 10.5. The molecule has 1 unspecified atom stereocenters. The van der Waals surface area contributed by atoms with Crippen LogP contribution in [0.25, 0.3) is 0 Å². The van der Waals surface area contributed by atoms with Crippen molar-refractivity contribution in [1.82, 2.24) is 5.32 Å². The van der Waals surface area contributed by atoms with Gasteiger partial charge >= 0.3 is 0 Å². The monoisotopic (exact) mass is 420 g/mol. The Morgan fingerprint density at radius 2 is 1.80 bits per heavy atom. The average Bonchev–Trinajstić information content (AvgIpc) is 2.81. The van der Waals surface area contributed by atoms with Crippen molar-refractivity contribution in [3.63, 3.8) is 0 Å². The van der Waals surface area contributed by atoms with Gasteiger partial charge in [-0.05, 0) is 61.9 Å². The summed E-state index contributed by atoms with van der Waals surface area (Å²) < 4.78 is 45.7. The fourth-order valence-corrected chi connectivity index (χ4v) is 2.95. The summed E-state index contributed by atoms with van der Waals surface area (Å²) in [6.45, 7) is -4.05. The molecule has 2 aromatic carbocycles. The Labute approximate surface area is 187 Å². The van der Waals surface area contributed by atoms with E-state index in [1.54, 1.807) is 0 Å². The van der Waals surface area contributed by atoms with Crippen LogP contribution in [0.2, 0.25) is 0 Å². The van der Waals surface area contributed by atoms with Gasteiger partial charge in [0.1, 0.15) is 5.75 Å². The predicted molar refractivity (Wildman–Crippen MR) is 121 cm³/mol. The number of ether oxygens (including phenoxy) is 1. The normalized spacial score (nSPS) is 16.7. The van der Waals surface area contributed by atoms with Gasteiger partial charge in [-0.25, -0.2) is 0 Å². The van der Waals surface area contributed by atoms with Gasteiger partial charge in [0.05, 0.1) is 16.8 Å². The van der Waals surface area contributed by atoms with Crippen LogP contribution in [0.5, 0.6) is 5.75 Å². The molecule has 0 saturated carbocycles. The topological polar surface area (TPSA) is 82.0 Å². The minimum absolute atomic E-state index is 0.137. The summed E-state index contributed by atoms with van der Waals surface area (Å²) in [5.74, 6) is -0.139. The Balaban J connectivity index is 1.64. The minimum atomic E-state index is -2.13. The number of phenols is 1. The molecular weight excluding hydrogens is 378 g/mol. The molecule has 1 atom stereocenters. The molecule has 30 heavy (non-hydrogen) atoms. The SMILES string of the molecule is [2H]C([2H])(CCCCCOC([2H])([2H])CCCc1ccccc1)NCC([2H])(O)c1ccc(O)c(CO)c1. The molecule has 0 bridgehead atoms. The summed E-state index contributed by atoms with van der Waals surface area (Å²) in [7, 11) is 0. The van der Waals surface area contributed by atoms with Crippen LogP contribution >= 0.6 is 0 Å². The maximum atomic E-state index is 10.4. The van der Waals surface area contributed by atoms with E-state index in [4.69, 9.17) is 11.6 Å². The van der Waals surface area contributed by atoms with Crippen LogP contribution in [-0.2, 0) is 17.8 Å². The average molecular weight is 421 g/mol. The van der Waals surface area contributed by atoms with Crippen molar-refractivity contribution in [2.75, 3.05) is 26.2 Å². The maximum absolute atomic E-state index is 10.4. The zero-order valence-electron chi connectivity index (χ0n) is 22.4. The summed E-state index contributed by atoms with van der Waals surface area (Å²) >= 11 is 0. The van der Waals surface area contributed by atoms with Crippen molar-refractivity contribution in [2.24, 2.45) is 0 Å². The van der Waals surface area contributed by atoms with Crippen LogP contribution in [0.1, 0.15) is 68.1 Å². The molecule has 5 nitrogen and oxygen atoms in total. The van der Waals surface area contributed by atoms with E-state index >= 15 is 0 Å². The highest BCUT2D eigenvalue weighted by Crippen LogP contribution is 2.22. The molecule has 5 heteroatoms. The van der Waals surface area contributed by atoms with E-state index in [2.05, 4.69) is 5.32 Å². The predicted octanol–water partition coefficient (Wildman–Crippen LogP) is 4.11. The second-order valence-electron chi connectivity index (χ2n) is 7.12. The molecule has 2 aromatic rings. The van der Waals surface area contributed by atoms with Crippen molar-refractivity contribution in [3.8, 4) is 5.75 Å². The number of aromatic hydroxyl groups is 1. The molecule has 0 heterocycles. The molecule has 0 aliphatic carbocycles. The van der Waals surface area contributed by atoms with Crippen molar-refractivity contribution in [1.29, 1.82) is 0 Å². The van der Waals surface area contributed by atoms with E-state index in [1.165, 1.54) is 23.8 Å². The van der Waals surface area contributed by atoms with Crippen LogP contribution < -0.4 is 5.32 Å². The molecule has 0 aliphatic heterocycles. The standard InChI is InChI=1S/C25H37NO4/c27-20-23-18-22(13-14-24(23)28)25(29)19-26-15-7-1-2-8-16-30-17-9-6-12-21-10-4-3-5-11-21/h3-5,10-11,13-14,18,25-29H,1-2,6-9,12,15-17,19-20H2/i15D2,17D2,25D. The number of hydrogen-bond acceptors (Lipinski definition) is 5. The van der Waals surface area contributed by atoms with Crippen molar-refractivity contribution < 1.29 is 26.9 Å². The fourth-order valence-electron chi connectivity index (χ4n) is 2.95. The Bertz CT molecular complexity index is 897. The fraction of sp³-hybridized carbons (Fsp3) is 0.520. The Hall–Kier alpha value is -1.92. The van der Waals surface area contributed by atoms with Gasteiger partial charge in [0, 0.05) is 28.0 Å². The highest BCUT2D eigenvalue weighted by molar-refractivity contribution is 5.36. The van der Waals surface area contributed by atoms with Gasteiger partial charge in [-0.15, -0.1) is 0 Å². The third-order valence-corrected chi connectivity index (χ3v) is 4.70. The summed E-state index contributed by atoms with van der Waals surface area (Å²) in [5, 5.41) is 31.9. The summed E-state index contributed by atoms with van der Waals surface area (Å²) in [5.41, 5.74) is 1.49. The quantitative estimate of drug-likeness (QED) is 0.307. The third kappa shape index (κ3) is 9.72. The summed E-state index contributed by atoms with van der Waals surface area (Å²) in [4.78, 5) is 0. The molecule has 0 saturated heterocycles. The van der Waals surface area contributed by atoms with Gasteiger partial charge in [-0.3, -0.25) is 0 Å². The lowest BCUT2D eigenvalue weighted by molar-refractivity contribution is 0.126. The van der Waals surface area contributed by atoms with E-state index in [-0.39, 0.29) is 36.4 Å². The van der Waals surface area contributed by atoms with Crippen molar-refractivity contribution in [2.45, 2.75) is 57.6 Å². The molecule has 0 aromatic heterocycles. The molecular formula is C25H37NO4. The maximum Gasteiger partial charge on any atom is 0.121 e. The first-order chi connectivity index (χ1) is 16.4. The molecule has 0 fully saturated rings. The van der Waals surface area contributed by atoms with Gasteiger partial charge < -0.3 is 25.4 Å². The van der Waals surface area contributed by atoms with Gasteiger partial charge in [0.25, 0.3) is 0 Å². The van der Waals surface area contributed by atoms with E-state index in [9.17, 15) is 15.3 Å². The minimum Gasteiger partial charge on any atom is -0.508 e. The number of aryl methyl sites for hydroxylation is 1. The van der Waals surface area contributed by atoms with Crippen LogP contribution in [-0.4, -0.2) is 41.5 Å². The van der Waals surface area contributed by atoms with Gasteiger partial charge in [0.15, 0.2) is 0 Å². The van der Waals surface area contributed by atoms with Crippen LogP contribution in [0, 0.1) is 0 Å². The van der Waals surface area contributed by atoms with Gasteiger partial charge in [-0.1, -0.05) is 49.2 Å². The van der Waals surface area contributed by atoms with E-state index < -0.39 is 25.7 Å². The lowest BCUT2D eigenvalue weighted by atomic mass is 10.1. The Morgan fingerprint density at radius 3 is 2.60 bits per heavy atom. The molecule has 0 spiro atoms. The number of rotatable bonds is 16. The largest absolute Gasteiger partial charge is 0.508 e. The first-order valence-electron chi connectivity index (χ1n) is 13.0. The molecule has 2 rings (SSSR count). The third-order valence-electron chi connectivity index (χ3n) is 4.70. The van der Waals surface area contributed by atoms with Crippen molar-refractivity contribution >= 4 is 0 Å².